The first-order chi connectivity index (χ1) is 12.0. The molecule has 25 heavy (non-hydrogen) atoms. The maximum atomic E-state index is 12.6. The molecule has 7 nitrogen and oxygen atoms in total. The minimum atomic E-state index is -0.460. The predicted octanol–water partition coefficient (Wildman–Crippen LogP) is 3.17. The zero-order chi connectivity index (χ0) is 18.1. The van der Waals surface area contributed by atoms with E-state index in [0.717, 1.165) is 16.0 Å². The number of hydrogen-bond acceptors (Lipinski definition) is 6. The molecule has 0 saturated carbocycles. The summed E-state index contributed by atoms with van der Waals surface area (Å²) in [5.74, 6) is -0.766. The quantitative estimate of drug-likeness (QED) is 0.724. The first kappa shape index (κ1) is 17.1. The molecule has 0 fully saturated rings. The minimum absolute atomic E-state index is 0.306. The molecule has 130 valence electrons. The molecule has 0 bridgehead atoms. The van der Waals surface area contributed by atoms with Crippen molar-refractivity contribution in [3.05, 3.63) is 39.8 Å². The lowest BCUT2D eigenvalue weighted by Gasteiger charge is -2.06. The Bertz CT molecular complexity index is 974. The number of anilines is 1. The third-order valence-corrected chi connectivity index (χ3v) is 5.20. The van der Waals surface area contributed by atoms with Crippen LogP contribution in [-0.4, -0.2) is 34.0 Å². The van der Waals surface area contributed by atoms with Crippen LogP contribution in [0.1, 0.15) is 38.1 Å². The van der Waals surface area contributed by atoms with E-state index in [9.17, 15) is 9.59 Å². The number of esters is 1. The molecule has 0 spiro atoms. The fourth-order valence-corrected chi connectivity index (χ4v) is 3.63. The zero-order valence-electron chi connectivity index (χ0n) is 14.4. The highest BCUT2D eigenvalue weighted by molar-refractivity contribution is 7.16. The molecule has 3 aromatic rings. The highest BCUT2D eigenvalue weighted by atomic mass is 32.1. The number of carbonyl (C=O) groups excluding carboxylic acids is 2. The van der Waals surface area contributed by atoms with Crippen molar-refractivity contribution in [2.75, 3.05) is 12.4 Å². The van der Waals surface area contributed by atoms with E-state index in [1.165, 1.54) is 18.4 Å². The number of thiophene rings is 1. The molecule has 2 aromatic heterocycles. The second-order valence-electron chi connectivity index (χ2n) is 5.54. The smallest absolute Gasteiger partial charge is 0.341 e. The van der Waals surface area contributed by atoms with Gasteiger partial charge in [0.15, 0.2) is 0 Å². The SMILES string of the molecule is CCn1nnc2cc(C(=O)Nc3sc(C)c(C)c3C(=O)OC)ccc21. The molecular weight excluding hydrogens is 340 g/mol. The molecule has 1 amide bonds. The van der Waals surface area contributed by atoms with Crippen molar-refractivity contribution >= 4 is 39.2 Å². The molecule has 3 rings (SSSR count). The third-order valence-electron chi connectivity index (χ3n) is 4.08. The van der Waals surface area contributed by atoms with E-state index in [1.807, 2.05) is 26.8 Å². The summed E-state index contributed by atoms with van der Waals surface area (Å²) in [4.78, 5) is 25.6. The molecule has 0 atom stereocenters. The van der Waals surface area contributed by atoms with E-state index in [4.69, 9.17) is 4.74 Å². The summed E-state index contributed by atoms with van der Waals surface area (Å²) >= 11 is 1.35. The summed E-state index contributed by atoms with van der Waals surface area (Å²) in [6, 6.07) is 5.23. The topological polar surface area (TPSA) is 86.1 Å². The Hall–Kier alpha value is -2.74. The number of benzene rings is 1. The van der Waals surface area contributed by atoms with E-state index in [1.54, 1.807) is 16.8 Å². The van der Waals surface area contributed by atoms with E-state index in [2.05, 4.69) is 15.6 Å². The second-order valence-corrected chi connectivity index (χ2v) is 6.77. The molecule has 2 heterocycles. The Morgan fingerprint density at radius 3 is 2.76 bits per heavy atom. The van der Waals surface area contributed by atoms with Gasteiger partial charge in [-0.1, -0.05) is 5.21 Å². The van der Waals surface area contributed by atoms with Gasteiger partial charge in [0, 0.05) is 17.0 Å². The van der Waals surface area contributed by atoms with Gasteiger partial charge in [0.05, 0.1) is 18.2 Å². The van der Waals surface area contributed by atoms with Crippen LogP contribution in [0, 0.1) is 13.8 Å². The van der Waals surface area contributed by atoms with Crippen LogP contribution in [0.2, 0.25) is 0 Å². The molecular formula is C17H18N4O3S. The first-order valence-electron chi connectivity index (χ1n) is 7.79. The van der Waals surface area contributed by atoms with Gasteiger partial charge in [-0.15, -0.1) is 16.4 Å². The van der Waals surface area contributed by atoms with Crippen LogP contribution in [0.3, 0.4) is 0 Å². The number of amides is 1. The van der Waals surface area contributed by atoms with Gasteiger partial charge in [0.25, 0.3) is 5.91 Å². The molecule has 0 saturated heterocycles. The number of ether oxygens (including phenoxy) is 1. The van der Waals surface area contributed by atoms with Crippen molar-refractivity contribution in [3.8, 4) is 0 Å². The Morgan fingerprint density at radius 2 is 2.08 bits per heavy atom. The average Bonchev–Trinajstić information content (AvgIpc) is 3.14. The van der Waals surface area contributed by atoms with Gasteiger partial charge in [-0.3, -0.25) is 4.79 Å². The van der Waals surface area contributed by atoms with E-state index >= 15 is 0 Å². The van der Waals surface area contributed by atoms with Gasteiger partial charge < -0.3 is 10.1 Å². The predicted molar refractivity (Wildman–Crippen MR) is 96.3 cm³/mol. The van der Waals surface area contributed by atoms with Crippen molar-refractivity contribution in [1.29, 1.82) is 0 Å². The van der Waals surface area contributed by atoms with Crippen molar-refractivity contribution in [3.63, 3.8) is 0 Å². The summed E-state index contributed by atoms with van der Waals surface area (Å²) in [6.45, 7) is 6.42. The monoisotopic (exact) mass is 358 g/mol. The number of nitrogens with zero attached hydrogens (tertiary/aromatic N) is 3. The molecule has 0 aliphatic rings. The van der Waals surface area contributed by atoms with Crippen molar-refractivity contribution in [2.45, 2.75) is 27.3 Å². The summed E-state index contributed by atoms with van der Waals surface area (Å²) in [5.41, 5.74) is 3.19. The Balaban J connectivity index is 1.93. The zero-order valence-corrected chi connectivity index (χ0v) is 15.2. The maximum Gasteiger partial charge on any atom is 0.341 e. The van der Waals surface area contributed by atoms with E-state index < -0.39 is 5.97 Å². The van der Waals surface area contributed by atoms with Gasteiger partial charge in [-0.2, -0.15) is 0 Å². The lowest BCUT2D eigenvalue weighted by molar-refractivity contribution is 0.0601. The summed E-state index contributed by atoms with van der Waals surface area (Å²) in [7, 11) is 1.32. The molecule has 0 unspecified atom stereocenters. The molecule has 1 N–H and O–H groups in total. The van der Waals surface area contributed by atoms with Crippen molar-refractivity contribution < 1.29 is 14.3 Å². The Kier molecular flexibility index (Phi) is 4.54. The van der Waals surface area contributed by atoms with Crippen molar-refractivity contribution in [1.82, 2.24) is 15.0 Å². The normalized spacial score (nSPS) is 10.9. The Labute approximate surface area is 148 Å². The highest BCUT2D eigenvalue weighted by Gasteiger charge is 2.22. The first-order valence-corrected chi connectivity index (χ1v) is 8.60. The van der Waals surface area contributed by atoms with Crippen molar-refractivity contribution in [2.24, 2.45) is 0 Å². The van der Waals surface area contributed by atoms with Crippen LogP contribution in [-0.2, 0) is 11.3 Å². The standard InChI is InChI=1S/C17H18N4O3S/c1-5-21-13-7-6-11(8-12(13)19-20-21)15(22)18-16-14(17(23)24-4)9(2)10(3)25-16/h6-8H,5H2,1-4H3,(H,18,22). The van der Waals surface area contributed by atoms with E-state index in [0.29, 0.717) is 28.2 Å². The van der Waals surface area contributed by atoms with Crippen LogP contribution >= 0.6 is 11.3 Å². The highest BCUT2D eigenvalue weighted by Crippen LogP contribution is 2.33. The van der Waals surface area contributed by atoms with Gasteiger partial charge >= 0.3 is 5.97 Å². The number of aromatic nitrogens is 3. The molecule has 0 radical (unpaired) electrons. The molecule has 0 aliphatic heterocycles. The van der Waals surface area contributed by atoms with Gasteiger partial charge in [0.1, 0.15) is 10.5 Å². The fourth-order valence-electron chi connectivity index (χ4n) is 2.59. The number of nitrogens with one attached hydrogen (secondary N) is 1. The summed E-state index contributed by atoms with van der Waals surface area (Å²) in [6.07, 6.45) is 0. The average molecular weight is 358 g/mol. The van der Waals surface area contributed by atoms with Gasteiger partial charge in [-0.25, -0.2) is 9.48 Å². The van der Waals surface area contributed by atoms with Gasteiger partial charge in [0.2, 0.25) is 0 Å². The van der Waals surface area contributed by atoms with Crippen LogP contribution in [0.15, 0.2) is 18.2 Å². The molecule has 0 aliphatic carbocycles. The summed E-state index contributed by atoms with van der Waals surface area (Å²) in [5, 5.41) is 11.4. The third kappa shape index (κ3) is 3.00. The van der Waals surface area contributed by atoms with Gasteiger partial charge in [-0.05, 0) is 44.5 Å². The van der Waals surface area contributed by atoms with Crippen LogP contribution in [0.25, 0.3) is 11.0 Å². The van der Waals surface area contributed by atoms with Crippen LogP contribution in [0.4, 0.5) is 5.00 Å². The molecule has 8 heteroatoms. The number of methoxy groups -OCH3 is 1. The van der Waals surface area contributed by atoms with Crippen LogP contribution in [0.5, 0.6) is 0 Å². The van der Waals surface area contributed by atoms with E-state index in [-0.39, 0.29) is 5.91 Å². The second kappa shape index (κ2) is 6.64. The lowest BCUT2D eigenvalue weighted by atomic mass is 10.1. The number of carbonyl (C=O) groups is 2. The number of hydrogen-bond donors (Lipinski definition) is 1. The number of rotatable bonds is 4. The largest absolute Gasteiger partial charge is 0.465 e. The number of aryl methyl sites for hydroxylation is 2. The Morgan fingerprint density at radius 1 is 1.32 bits per heavy atom. The summed E-state index contributed by atoms with van der Waals surface area (Å²) < 4.78 is 6.59. The number of fused-ring (bicyclic) bond motifs is 1. The molecule has 1 aromatic carbocycles. The fraction of sp³-hybridized carbons (Fsp3) is 0.294. The minimum Gasteiger partial charge on any atom is -0.465 e. The lowest BCUT2D eigenvalue weighted by Crippen LogP contribution is -2.14. The maximum absolute atomic E-state index is 12.6. The van der Waals surface area contributed by atoms with Crippen LogP contribution < -0.4 is 5.32 Å².